The summed E-state index contributed by atoms with van der Waals surface area (Å²) < 4.78 is 28.6. The molecule has 1 aromatic heterocycles. The number of carbonyl (C=O) groups excluding carboxylic acids is 1. The number of carbonyl (C=O) groups is 1. The molecule has 0 aliphatic rings. The number of nitrogens with two attached hydrogens (primary N) is 1. The zero-order valence-corrected chi connectivity index (χ0v) is 14.8. The SMILES string of the molecule is Cc1nn(C)c(C)c1S(=O)(=O)NC(C)C(=O)NCCCN.Cl. The first-order valence-corrected chi connectivity index (χ1v) is 8.19. The van der Waals surface area contributed by atoms with Crippen molar-refractivity contribution in [1.82, 2.24) is 19.8 Å². The van der Waals surface area contributed by atoms with E-state index in [4.69, 9.17) is 5.73 Å². The van der Waals surface area contributed by atoms with E-state index >= 15 is 0 Å². The van der Waals surface area contributed by atoms with Gasteiger partial charge in [0.15, 0.2) is 0 Å². The Labute approximate surface area is 137 Å². The number of sulfonamides is 1. The van der Waals surface area contributed by atoms with Crippen molar-refractivity contribution < 1.29 is 13.2 Å². The Hall–Kier alpha value is -1.16. The van der Waals surface area contributed by atoms with Crippen LogP contribution < -0.4 is 15.8 Å². The molecule has 0 saturated carbocycles. The average Bonchev–Trinajstić information content (AvgIpc) is 2.63. The molecule has 0 saturated heterocycles. The normalized spacial score (nSPS) is 12.6. The van der Waals surface area contributed by atoms with Gasteiger partial charge in [-0.3, -0.25) is 9.48 Å². The van der Waals surface area contributed by atoms with E-state index in [9.17, 15) is 13.2 Å². The molecule has 1 amide bonds. The second kappa shape index (κ2) is 8.47. The lowest BCUT2D eigenvalue weighted by molar-refractivity contribution is -0.122. The highest BCUT2D eigenvalue weighted by molar-refractivity contribution is 7.89. The summed E-state index contributed by atoms with van der Waals surface area (Å²) in [5.41, 5.74) is 6.26. The van der Waals surface area contributed by atoms with E-state index < -0.39 is 16.1 Å². The van der Waals surface area contributed by atoms with E-state index in [-0.39, 0.29) is 23.2 Å². The first-order chi connectivity index (χ1) is 9.70. The zero-order valence-electron chi connectivity index (χ0n) is 13.2. The van der Waals surface area contributed by atoms with E-state index in [1.807, 2.05) is 0 Å². The Bertz CT molecular complexity index is 615. The average molecular weight is 354 g/mol. The van der Waals surface area contributed by atoms with Crippen molar-refractivity contribution in [3.8, 4) is 0 Å². The van der Waals surface area contributed by atoms with Crippen LogP contribution in [0.1, 0.15) is 24.7 Å². The second-order valence-electron chi connectivity index (χ2n) is 4.90. The number of nitrogens with one attached hydrogen (secondary N) is 2. The van der Waals surface area contributed by atoms with Crippen molar-refractivity contribution in [1.29, 1.82) is 0 Å². The lowest BCUT2D eigenvalue weighted by atomic mass is 10.3. The van der Waals surface area contributed by atoms with Gasteiger partial charge in [-0.2, -0.15) is 9.82 Å². The van der Waals surface area contributed by atoms with Gasteiger partial charge >= 0.3 is 0 Å². The molecule has 0 aliphatic heterocycles. The van der Waals surface area contributed by atoms with Gasteiger partial charge in [0.2, 0.25) is 15.9 Å². The number of aromatic nitrogens is 2. The largest absolute Gasteiger partial charge is 0.355 e. The highest BCUT2D eigenvalue weighted by Gasteiger charge is 2.27. The number of hydrogen-bond acceptors (Lipinski definition) is 5. The summed E-state index contributed by atoms with van der Waals surface area (Å²) in [4.78, 5) is 11.9. The molecule has 10 heteroatoms. The molecule has 1 aromatic rings. The van der Waals surface area contributed by atoms with Gasteiger partial charge in [0.25, 0.3) is 0 Å². The molecule has 0 bridgehead atoms. The van der Waals surface area contributed by atoms with Crippen LogP contribution in [0.25, 0.3) is 0 Å². The quantitative estimate of drug-likeness (QED) is 0.576. The third-order valence-electron chi connectivity index (χ3n) is 3.12. The van der Waals surface area contributed by atoms with Gasteiger partial charge in [-0.15, -0.1) is 12.4 Å². The molecule has 1 unspecified atom stereocenters. The lowest BCUT2D eigenvalue weighted by Gasteiger charge is -2.14. The minimum Gasteiger partial charge on any atom is -0.355 e. The molecule has 0 aromatic carbocycles. The Morgan fingerprint density at radius 1 is 1.41 bits per heavy atom. The molecule has 0 spiro atoms. The number of aryl methyl sites for hydroxylation is 2. The van der Waals surface area contributed by atoms with Crippen molar-refractivity contribution in [3.05, 3.63) is 11.4 Å². The summed E-state index contributed by atoms with van der Waals surface area (Å²) in [6.45, 7) is 5.67. The molecular weight excluding hydrogens is 330 g/mol. The Kier molecular flexibility index (Phi) is 8.02. The van der Waals surface area contributed by atoms with E-state index in [2.05, 4.69) is 15.1 Å². The molecular formula is C12H24ClN5O3S. The summed E-state index contributed by atoms with van der Waals surface area (Å²) in [6.07, 6.45) is 0.645. The first-order valence-electron chi connectivity index (χ1n) is 6.71. The molecule has 1 heterocycles. The van der Waals surface area contributed by atoms with Gasteiger partial charge in [0, 0.05) is 13.6 Å². The maximum absolute atomic E-state index is 12.4. The van der Waals surface area contributed by atoms with Crippen LogP contribution in [0, 0.1) is 13.8 Å². The van der Waals surface area contributed by atoms with Gasteiger partial charge in [-0.05, 0) is 33.7 Å². The molecule has 8 nitrogen and oxygen atoms in total. The molecule has 0 aliphatic carbocycles. The predicted molar refractivity (Wildman–Crippen MR) is 86.4 cm³/mol. The minimum absolute atomic E-state index is 0. The first kappa shape index (κ1) is 20.8. The highest BCUT2D eigenvalue weighted by Crippen LogP contribution is 2.18. The summed E-state index contributed by atoms with van der Waals surface area (Å²) in [6, 6.07) is -0.869. The number of hydrogen-bond donors (Lipinski definition) is 3. The summed E-state index contributed by atoms with van der Waals surface area (Å²) in [7, 11) is -2.12. The molecule has 0 radical (unpaired) electrons. The lowest BCUT2D eigenvalue weighted by Crippen LogP contribution is -2.45. The Balaban J connectivity index is 0.00000441. The van der Waals surface area contributed by atoms with Gasteiger partial charge in [0.05, 0.1) is 17.4 Å². The van der Waals surface area contributed by atoms with E-state index in [1.54, 1.807) is 20.9 Å². The van der Waals surface area contributed by atoms with Crippen molar-refractivity contribution in [2.75, 3.05) is 13.1 Å². The number of halogens is 1. The summed E-state index contributed by atoms with van der Waals surface area (Å²) >= 11 is 0. The fourth-order valence-corrected chi connectivity index (χ4v) is 3.60. The van der Waals surface area contributed by atoms with Crippen LogP contribution in [0.15, 0.2) is 4.90 Å². The van der Waals surface area contributed by atoms with Gasteiger partial charge in [0.1, 0.15) is 4.90 Å². The topological polar surface area (TPSA) is 119 Å². The van der Waals surface area contributed by atoms with Crippen LogP contribution in [-0.4, -0.2) is 43.2 Å². The van der Waals surface area contributed by atoms with Crippen molar-refractivity contribution in [2.24, 2.45) is 12.8 Å². The van der Waals surface area contributed by atoms with E-state index in [1.165, 1.54) is 11.6 Å². The monoisotopic (exact) mass is 353 g/mol. The molecule has 128 valence electrons. The molecule has 1 atom stereocenters. The van der Waals surface area contributed by atoms with Crippen molar-refractivity contribution in [2.45, 2.75) is 38.1 Å². The molecule has 22 heavy (non-hydrogen) atoms. The fourth-order valence-electron chi connectivity index (χ4n) is 1.95. The number of rotatable bonds is 7. The summed E-state index contributed by atoms with van der Waals surface area (Å²) in [5.74, 6) is -0.383. The zero-order chi connectivity index (χ0) is 16.2. The van der Waals surface area contributed by atoms with Crippen LogP contribution in [0.2, 0.25) is 0 Å². The Morgan fingerprint density at radius 3 is 2.45 bits per heavy atom. The maximum Gasteiger partial charge on any atom is 0.244 e. The third kappa shape index (κ3) is 4.94. The van der Waals surface area contributed by atoms with Crippen LogP contribution in [0.5, 0.6) is 0 Å². The number of nitrogens with zero attached hydrogens (tertiary/aromatic N) is 2. The maximum atomic E-state index is 12.4. The van der Waals surface area contributed by atoms with Crippen LogP contribution in [-0.2, 0) is 21.9 Å². The van der Waals surface area contributed by atoms with Gasteiger partial charge in [-0.1, -0.05) is 0 Å². The molecule has 0 fully saturated rings. The van der Waals surface area contributed by atoms with E-state index in [0.717, 1.165) is 0 Å². The fraction of sp³-hybridized carbons (Fsp3) is 0.667. The number of amides is 1. The van der Waals surface area contributed by atoms with E-state index in [0.29, 0.717) is 30.9 Å². The minimum atomic E-state index is -3.79. The standard InChI is InChI=1S/C12H23N5O3S.ClH/c1-8-11(10(3)17(4)15-8)21(19,20)16-9(2)12(18)14-7-5-6-13;/h9,16H,5-7,13H2,1-4H3,(H,14,18);1H. The van der Waals surface area contributed by atoms with Crippen molar-refractivity contribution in [3.63, 3.8) is 0 Å². The van der Waals surface area contributed by atoms with Crippen LogP contribution >= 0.6 is 12.4 Å². The summed E-state index contributed by atoms with van der Waals surface area (Å²) in [5, 5.41) is 6.70. The highest BCUT2D eigenvalue weighted by atomic mass is 35.5. The van der Waals surface area contributed by atoms with Crippen LogP contribution in [0.4, 0.5) is 0 Å². The van der Waals surface area contributed by atoms with Crippen molar-refractivity contribution >= 4 is 28.3 Å². The van der Waals surface area contributed by atoms with Gasteiger partial charge < -0.3 is 11.1 Å². The van der Waals surface area contributed by atoms with Crippen LogP contribution in [0.3, 0.4) is 0 Å². The third-order valence-corrected chi connectivity index (χ3v) is 4.91. The molecule has 1 rings (SSSR count). The van der Waals surface area contributed by atoms with Gasteiger partial charge in [-0.25, -0.2) is 8.42 Å². The second-order valence-corrected chi connectivity index (χ2v) is 6.55. The smallest absolute Gasteiger partial charge is 0.244 e. The Morgan fingerprint density at radius 2 is 2.00 bits per heavy atom. The molecule has 4 N–H and O–H groups in total. The predicted octanol–water partition coefficient (Wildman–Crippen LogP) is -0.409.